The van der Waals surface area contributed by atoms with Gasteiger partial charge < -0.3 is 9.47 Å². The lowest BCUT2D eigenvalue weighted by Crippen LogP contribution is -2.29. The molecule has 1 fully saturated rings. The molecule has 1 saturated heterocycles. The van der Waals surface area contributed by atoms with E-state index in [2.05, 4.69) is 0 Å². The van der Waals surface area contributed by atoms with Gasteiger partial charge in [-0.1, -0.05) is 62.9 Å². The van der Waals surface area contributed by atoms with Crippen LogP contribution in [0.15, 0.2) is 54.6 Å². The van der Waals surface area contributed by atoms with Gasteiger partial charge in [0.15, 0.2) is 5.78 Å². The molecule has 1 heterocycles. The van der Waals surface area contributed by atoms with Gasteiger partial charge in [0.1, 0.15) is 0 Å². The van der Waals surface area contributed by atoms with Gasteiger partial charge in [0.2, 0.25) is 5.79 Å². The molecule has 25 heavy (non-hydrogen) atoms. The van der Waals surface area contributed by atoms with Crippen LogP contribution in [-0.4, -0.2) is 19.0 Å². The molecule has 0 N–H and O–H groups in total. The Morgan fingerprint density at radius 1 is 1.12 bits per heavy atom. The number of ether oxygens (including phenoxy) is 2. The van der Waals surface area contributed by atoms with Gasteiger partial charge in [-0.05, 0) is 11.6 Å². The molecule has 0 radical (unpaired) electrons. The minimum atomic E-state index is -0.935. The van der Waals surface area contributed by atoms with E-state index in [0.29, 0.717) is 13.2 Å². The largest absolute Gasteiger partial charge is 0.340 e. The smallest absolute Gasteiger partial charge is 0.222 e. The molecule has 1 aliphatic heterocycles. The summed E-state index contributed by atoms with van der Waals surface area (Å²) in [6, 6.07) is 19.4. The summed E-state index contributed by atoms with van der Waals surface area (Å²) in [7, 11) is 0. The lowest BCUT2D eigenvalue weighted by Gasteiger charge is -2.29. The molecule has 3 rings (SSSR count). The Balaban J connectivity index is 0.00000225. The second-order valence-electron chi connectivity index (χ2n) is 5.83. The Kier molecular flexibility index (Phi) is 6.08. The van der Waals surface area contributed by atoms with Crippen molar-refractivity contribution in [3.63, 3.8) is 0 Å². The van der Waals surface area contributed by atoms with E-state index in [0.717, 1.165) is 16.7 Å². The monoisotopic (exact) mass is 337 g/mol. The Hall–Kier alpha value is -2.48. The predicted octanol–water partition coefficient (Wildman–Crippen LogP) is 4.16. The average Bonchev–Trinajstić information content (AvgIpc) is 3.13. The predicted molar refractivity (Wildman–Crippen MR) is 96.0 cm³/mol. The number of benzene rings is 2. The topological polar surface area (TPSA) is 59.3 Å². The van der Waals surface area contributed by atoms with E-state index < -0.39 is 5.79 Å². The highest BCUT2D eigenvalue weighted by atomic mass is 16.7. The number of ketones is 1. The second-order valence-corrected chi connectivity index (χ2v) is 5.83. The number of nitrogens with zero attached hydrogens (tertiary/aromatic N) is 1. The van der Waals surface area contributed by atoms with Crippen molar-refractivity contribution >= 4 is 5.78 Å². The first-order valence-electron chi connectivity index (χ1n) is 8.01. The van der Waals surface area contributed by atoms with Crippen molar-refractivity contribution in [2.45, 2.75) is 32.5 Å². The van der Waals surface area contributed by atoms with Crippen LogP contribution < -0.4 is 0 Å². The summed E-state index contributed by atoms with van der Waals surface area (Å²) in [5, 5.41) is 8.74. The van der Waals surface area contributed by atoms with E-state index in [1.165, 1.54) is 0 Å². The molecule has 4 nitrogen and oxygen atoms in total. The summed E-state index contributed by atoms with van der Waals surface area (Å²) in [6.45, 7) is 2.86. The maximum absolute atomic E-state index is 12.0. The summed E-state index contributed by atoms with van der Waals surface area (Å²) in [5.74, 6) is -1.36. The van der Waals surface area contributed by atoms with Gasteiger partial charge in [-0.25, -0.2) is 0 Å². The lowest BCUT2D eigenvalue weighted by molar-refractivity contribution is -0.130. The van der Waals surface area contributed by atoms with Crippen LogP contribution in [0.5, 0.6) is 0 Å². The van der Waals surface area contributed by atoms with Gasteiger partial charge in [-0.2, -0.15) is 5.26 Å². The van der Waals surface area contributed by atoms with Gasteiger partial charge >= 0.3 is 0 Å². The zero-order chi connectivity index (χ0) is 17.0. The average molecular weight is 337 g/mol. The molecule has 130 valence electrons. The molecule has 2 aromatic rings. The summed E-state index contributed by atoms with van der Waals surface area (Å²) >= 11 is 0. The Bertz CT molecular complexity index is 758. The molecule has 0 aliphatic carbocycles. The van der Waals surface area contributed by atoms with Crippen molar-refractivity contribution < 1.29 is 14.3 Å². The highest BCUT2D eigenvalue weighted by Gasteiger charge is 2.40. The van der Waals surface area contributed by atoms with E-state index in [1.807, 2.05) is 67.6 Å². The molecule has 4 heteroatoms. The molecule has 0 amide bonds. The van der Waals surface area contributed by atoms with E-state index in [1.54, 1.807) is 0 Å². The van der Waals surface area contributed by atoms with Crippen LogP contribution >= 0.6 is 0 Å². The van der Waals surface area contributed by atoms with Gasteiger partial charge in [-0.15, -0.1) is 0 Å². The van der Waals surface area contributed by atoms with Crippen LogP contribution in [0.25, 0.3) is 0 Å². The molecule has 2 aromatic carbocycles. The second kappa shape index (κ2) is 8.06. The van der Waals surface area contributed by atoms with Gasteiger partial charge in [0.25, 0.3) is 0 Å². The minimum absolute atomic E-state index is 0. The minimum Gasteiger partial charge on any atom is -0.340 e. The highest BCUT2D eigenvalue weighted by Crippen LogP contribution is 2.39. The van der Waals surface area contributed by atoms with Gasteiger partial charge in [0, 0.05) is 17.0 Å². The standard InChI is InChI=1S/C20H19NO3.CH4/c1-15(19(22)10-11-21)16-6-5-9-18(14-16)20(23-12-13-24-20)17-7-3-2-4-8-17;/h2-9,14-15H,10,12-13H2,1H3;1H4. The molecule has 1 atom stereocenters. The SMILES string of the molecule is C.CC(C(=O)CC#N)c1cccc(C2(c3ccccc3)OCCO2)c1. The fraction of sp³-hybridized carbons (Fsp3) is 0.333. The van der Waals surface area contributed by atoms with E-state index in [-0.39, 0.29) is 25.5 Å². The molecule has 0 aromatic heterocycles. The van der Waals surface area contributed by atoms with Crippen LogP contribution in [0.3, 0.4) is 0 Å². The van der Waals surface area contributed by atoms with Crippen molar-refractivity contribution in [3.8, 4) is 6.07 Å². The Morgan fingerprint density at radius 3 is 2.40 bits per heavy atom. The molecule has 0 saturated carbocycles. The quantitative estimate of drug-likeness (QED) is 0.822. The molecular weight excluding hydrogens is 314 g/mol. The number of carbonyl (C=O) groups excluding carboxylic acids is 1. The highest BCUT2D eigenvalue weighted by molar-refractivity contribution is 5.87. The number of hydrogen-bond acceptors (Lipinski definition) is 4. The third-order valence-electron chi connectivity index (χ3n) is 4.35. The summed E-state index contributed by atoms with van der Waals surface area (Å²) in [4.78, 5) is 12.0. The van der Waals surface area contributed by atoms with Crippen LogP contribution in [0, 0.1) is 11.3 Å². The first-order valence-corrected chi connectivity index (χ1v) is 8.01. The van der Waals surface area contributed by atoms with Gasteiger partial charge in [0.05, 0.1) is 25.7 Å². The first kappa shape index (κ1) is 18.9. The first-order chi connectivity index (χ1) is 11.7. The molecule has 0 bridgehead atoms. The fourth-order valence-electron chi connectivity index (χ4n) is 3.00. The maximum atomic E-state index is 12.0. The summed E-state index contributed by atoms with van der Waals surface area (Å²) in [5.41, 5.74) is 2.65. The zero-order valence-electron chi connectivity index (χ0n) is 13.6. The molecule has 1 unspecified atom stereocenters. The summed E-state index contributed by atoms with van der Waals surface area (Å²) < 4.78 is 12.0. The summed E-state index contributed by atoms with van der Waals surface area (Å²) in [6.07, 6.45) is -0.0811. The van der Waals surface area contributed by atoms with E-state index in [9.17, 15) is 4.79 Å². The molecule has 0 spiro atoms. The van der Waals surface area contributed by atoms with Crippen molar-refractivity contribution in [1.82, 2.24) is 0 Å². The van der Waals surface area contributed by atoms with Gasteiger partial charge in [-0.3, -0.25) is 4.79 Å². The van der Waals surface area contributed by atoms with Crippen molar-refractivity contribution in [2.24, 2.45) is 0 Å². The van der Waals surface area contributed by atoms with E-state index in [4.69, 9.17) is 14.7 Å². The Labute approximate surface area is 149 Å². The third kappa shape index (κ3) is 3.63. The van der Waals surface area contributed by atoms with Crippen LogP contribution in [0.1, 0.15) is 43.4 Å². The fourth-order valence-corrected chi connectivity index (χ4v) is 3.00. The van der Waals surface area contributed by atoms with Crippen LogP contribution in [0.2, 0.25) is 0 Å². The van der Waals surface area contributed by atoms with Crippen LogP contribution in [-0.2, 0) is 20.1 Å². The molecular formula is C21H23NO3. The lowest BCUT2D eigenvalue weighted by atomic mass is 9.90. The van der Waals surface area contributed by atoms with Crippen molar-refractivity contribution in [3.05, 3.63) is 71.3 Å². The Morgan fingerprint density at radius 2 is 1.76 bits per heavy atom. The third-order valence-corrected chi connectivity index (χ3v) is 4.35. The zero-order valence-corrected chi connectivity index (χ0v) is 13.6. The van der Waals surface area contributed by atoms with E-state index >= 15 is 0 Å². The number of hydrogen-bond donors (Lipinski definition) is 0. The number of Topliss-reactive ketones (excluding diaryl/α,β-unsaturated/α-hetero) is 1. The maximum Gasteiger partial charge on any atom is 0.222 e. The van der Waals surface area contributed by atoms with Crippen LogP contribution in [0.4, 0.5) is 0 Å². The number of carbonyl (C=O) groups is 1. The molecule has 1 aliphatic rings. The number of rotatable bonds is 5. The normalized spacial score (nSPS) is 16.5. The van der Waals surface area contributed by atoms with Crippen molar-refractivity contribution in [2.75, 3.05) is 13.2 Å². The van der Waals surface area contributed by atoms with Crippen molar-refractivity contribution in [1.29, 1.82) is 5.26 Å². The number of nitriles is 1.